The number of nitrogens with zero attached hydrogens (tertiary/aromatic N) is 1. The van der Waals surface area contributed by atoms with E-state index >= 15 is 0 Å². The predicted octanol–water partition coefficient (Wildman–Crippen LogP) is 4.28. The molecule has 2 aromatic carbocycles. The third-order valence-corrected chi connectivity index (χ3v) is 4.03. The molecule has 0 saturated heterocycles. The number of hydrogen-bond acceptors (Lipinski definition) is 1. The van der Waals surface area contributed by atoms with Crippen LogP contribution in [0.2, 0.25) is 0 Å². The van der Waals surface area contributed by atoms with Crippen LogP contribution in [0, 0.1) is 11.3 Å². The second-order valence-corrected chi connectivity index (χ2v) is 5.15. The lowest BCUT2D eigenvalue weighted by Gasteiger charge is -2.29. The van der Waals surface area contributed by atoms with Gasteiger partial charge in [-0.05, 0) is 23.6 Å². The zero-order valence-corrected chi connectivity index (χ0v) is 10.9. The Bertz CT molecular complexity index is 664. The van der Waals surface area contributed by atoms with Crippen LogP contribution in [-0.2, 0) is 5.41 Å². The first-order valence-corrected chi connectivity index (χ1v) is 6.49. The summed E-state index contributed by atoms with van der Waals surface area (Å²) >= 11 is 0. The Morgan fingerprint density at radius 2 is 1.68 bits per heavy atom. The van der Waals surface area contributed by atoms with E-state index in [1.807, 2.05) is 49.4 Å². The van der Waals surface area contributed by atoms with E-state index in [2.05, 4.69) is 30.4 Å². The summed E-state index contributed by atoms with van der Waals surface area (Å²) in [6.07, 6.45) is 4.28. The Labute approximate surface area is 113 Å². The highest BCUT2D eigenvalue weighted by Gasteiger charge is 2.38. The Morgan fingerprint density at radius 1 is 1.00 bits per heavy atom. The SMILES string of the molecule is CC(C#N)(c1ccccc1)C1C=Cc2ccccc21. The van der Waals surface area contributed by atoms with Crippen LogP contribution in [-0.4, -0.2) is 0 Å². The lowest BCUT2D eigenvalue weighted by molar-refractivity contribution is 0.549. The topological polar surface area (TPSA) is 23.8 Å². The van der Waals surface area contributed by atoms with Crippen molar-refractivity contribution in [3.63, 3.8) is 0 Å². The molecule has 0 N–H and O–H groups in total. The van der Waals surface area contributed by atoms with Gasteiger partial charge >= 0.3 is 0 Å². The van der Waals surface area contributed by atoms with Crippen LogP contribution in [0.5, 0.6) is 0 Å². The number of allylic oxidation sites excluding steroid dienone is 1. The van der Waals surface area contributed by atoms with Gasteiger partial charge in [0, 0.05) is 5.92 Å². The maximum absolute atomic E-state index is 9.74. The molecular formula is C18H15N. The van der Waals surface area contributed by atoms with Crippen molar-refractivity contribution in [1.82, 2.24) is 0 Å². The third kappa shape index (κ3) is 1.77. The van der Waals surface area contributed by atoms with Gasteiger partial charge in [-0.3, -0.25) is 0 Å². The molecular weight excluding hydrogens is 230 g/mol. The number of fused-ring (bicyclic) bond motifs is 1. The number of rotatable bonds is 2. The molecule has 0 aromatic heterocycles. The first-order chi connectivity index (χ1) is 9.25. The lowest BCUT2D eigenvalue weighted by Crippen LogP contribution is -2.26. The van der Waals surface area contributed by atoms with Gasteiger partial charge in [0.15, 0.2) is 0 Å². The Morgan fingerprint density at radius 3 is 2.42 bits per heavy atom. The first-order valence-electron chi connectivity index (χ1n) is 6.49. The van der Waals surface area contributed by atoms with Crippen molar-refractivity contribution in [1.29, 1.82) is 5.26 Å². The molecule has 0 spiro atoms. The highest BCUT2D eigenvalue weighted by molar-refractivity contribution is 5.65. The molecule has 0 amide bonds. The normalized spacial score (nSPS) is 19.5. The molecule has 0 radical (unpaired) electrons. The van der Waals surface area contributed by atoms with Gasteiger partial charge in [0.2, 0.25) is 0 Å². The number of nitriles is 1. The molecule has 2 atom stereocenters. The van der Waals surface area contributed by atoms with Gasteiger partial charge in [0.1, 0.15) is 0 Å². The van der Waals surface area contributed by atoms with Crippen molar-refractivity contribution in [2.75, 3.05) is 0 Å². The van der Waals surface area contributed by atoms with E-state index in [0.717, 1.165) is 5.56 Å². The lowest BCUT2D eigenvalue weighted by atomic mass is 9.71. The highest BCUT2D eigenvalue weighted by atomic mass is 14.4. The van der Waals surface area contributed by atoms with Crippen LogP contribution < -0.4 is 0 Å². The van der Waals surface area contributed by atoms with E-state index in [9.17, 15) is 5.26 Å². The van der Waals surface area contributed by atoms with Crippen LogP contribution in [0.25, 0.3) is 6.08 Å². The summed E-state index contributed by atoms with van der Waals surface area (Å²) in [5.74, 6) is 0.121. The second-order valence-electron chi connectivity index (χ2n) is 5.15. The molecule has 0 saturated carbocycles. The van der Waals surface area contributed by atoms with Crippen molar-refractivity contribution < 1.29 is 0 Å². The largest absolute Gasteiger partial charge is 0.197 e. The molecule has 0 aliphatic heterocycles. The summed E-state index contributed by atoms with van der Waals surface area (Å²) in [6.45, 7) is 2.03. The fraction of sp³-hybridized carbons (Fsp3) is 0.167. The van der Waals surface area contributed by atoms with E-state index in [1.165, 1.54) is 11.1 Å². The van der Waals surface area contributed by atoms with Crippen molar-refractivity contribution in [3.05, 3.63) is 77.4 Å². The summed E-state index contributed by atoms with van der Waals surface area (Å²) in [5.41, 5.74) is 3.02. The minimum atomic E-state index is -0.523. The second kappa shape index (κ2) is 4.40. The summed E-state index contributed by atoms with van der Waals surface area (Å²) in [4.78, 5) is 0. The third-order valence-electron chi connectivity index (χ3n) is 4.03. The summed E-state index contributed by atoms with van der Waals surface area (Å²) in [6, 6.07) is 20.9. The Balaban J connectivity index is 2.11. The van der Waals surface area contributed by atoms with Gasteiger partial charge < -0.3 is 0 Å². The molecule has 1 aliphatic rings. The molecule has 2 unspecified atom stereocenters. The number of benzene rings is 2. The minimum Gasteiger partial charge on any atom is -0.197 e. The molecule has 0 heterocycles. The van der Waals surface area contributed by atoms with Crippen molar-refractivity contribution in [3.8, 4) is 6.07 Å². The summed E-state index contributed by atoms with van der Waals surface area (Å²) in [5, 5.41) is 9.74. The monoisotopic (exact) mass is 245 g/mol. The maximum Gasteiger partial charge on any atom is 0.0897 e. The van der Waals surface area contributed by atoms with Crippen LogP contribution >= 0.6 is 0 Å². The van der Waals surface area contributed by atoms with Gasteiger partial charge in [0.25, 0.3) is 0 Å². The average molecular weight is 245 g/mol. The predicted molar refractivity (Wildman–Crippen MR) is 77.6 cm³/mol. The maximum atomic E-state index is 9.74. The molecule has 1 heteroatoms. The van der Waals surface area contributed by atoms with E-state index in [-0.39, 0.29) is 5.92 Å². The average Bonchev–Trinajstić information content (AvgIpc) is 2.92. The molecule has 92 valence electrons. The van der Waals surface area contributed by atoms with Gasteiger partial charge in [-0.1, -0.05) is 66.7 Å². The van der Waals surface area contributed by atoms with Crippen LogP contribution in [0.4, 0.5) is 0 Å². The van der Waals surface area contributed by atoms with Gasteiger partial charge in [0.05, 0.1) is 11.5 Å². The smallest absolute Gasteiger partial charge is 0.0897 e. The zero-order valence-electron chi connectivity index (χ0n) is 10.9. The van der Waals surface area contributed by atoms with E-state index in [4.69, 9.17) is 0 Å². The quantitative estimate of drug-likeness (QED) is 0.774. The molecule has 19 heavy (non-hydrogen) atoms. The van der Waals surface area contributed by atoms with E-state index in [1.54, 1.807) is 0 Å². The Kier molecular flexibility index (Phi) is 2.72. The zero-order chi connectivity index (χ0) is 13.3. The molecule has 3 rings (SSSR count). The first kappa shape index (κ1) is 11.7. The molecule has 1 nitrogen and oxygen atoms in total. The molecule has 2 aromatic rings. The fourth-order valence-corrected chi connectivity index (χ4v) is 2.85. The molecule has 1 aliphatic carbocycles. The minimum absolute atomic E-state index is 0.121. The molecule has 0 bridgehead atoms. The van der Waals surface area contributed by atoms with Crippen LogP contribution in [0.15, 0.2) is 60.7 Å². The number of hydrogen-bond donors (Lipinski definition) is 0. The van der Waals surface area contributed by atoms with E-state index < -0.39 is 5.41 Å². The van der Waals surface area contributed by atoms with E-state index in [0.29, 0.717) is 0 Å². The van der Waals surface area contributed by atoms with Gasteiger partial charge in [-0.2, -0.15) is 5.26 Å². The van der Waals surface area contributed by atoms with Crippen molar-refractivity contribution in [2.24, 2.45) is 0 Å². The van der Waals surface area contributed by atoms with Crippen molar-refractivity contribution >= 4 is 6.08 Å². The van der Waals surface area contributed by atoms with Crippen LogP contribution in [0.1, 0.15) is 29.5 Å². The van der Waals surface area contributed by atoms with Gasteiger partial charge in [-0.15, -0.1) is 0 Å². The highest BCUT2D eigenvalue weighted by Crippen LogP contribution is 2.44. The molecule has 0 fully saturated rings. The summed E-state index contributed by atoms with van der Waals surface area (Å²) in [7, 11) is 0. The van der Waals surface area contributed by atoms with Gasteiger partial charge in [-0.25, -0.2) is 0 Å². The fourth-order valence-electron chi connectivity index (χ4n) is 2.85. The standard InChI is InChI=1S/C18H15N/c1-18(13-19,15-8-3-2-4-9-15)17-12-11-14-7-5-6-10-16(14)17/h2-12,17H,1H3. The van der Waals surface area contributed by atoms with Crippen molar-refractivity contribution in [2.45, 2.75) is 18.3 Å². The van der Waals surface area contributed by atoms with Crippen LogP contribution in [0.3, 0.4) is 0 Å². The summed E-state index contributed by atoms with van der Waals surface area (Å²) < 4.78 is 0. The Hall–Kier alpha value is -2.33.